The largest absolute Gasteiger partial charge is 0.396 e. The number of amides is 2. The lowest BCUT2D eigenvalue weighted by atomic mass is 10.4. The van der Waals surface area contributed by atoms with Crippen LogP contribution in [-0.2, 0) is 0 Å². The highest BCUT2D eigenvalue weighted by Crippen LogP contribution is 1.98. The zero-order valence-corrected chi connectivity index (χ0v) is 7.10. The molecule has 0 saturated heterocycles. The van der Waals surface area contributed by atoms with E-state index in [4.69, 9.17) is 10.8 Å². The Morgan fingerprint density at radius 3 is 3.23 bits per heavy atom. The summed E-state index contributed by atoms with van der Waals surface area (Å²) < 4.78 is 0. The van der Waals surface area contributed by atoms with Gasteiger partial charge in [0.15, 0.2) is 0 Å². The van der Waals surface area contributed by atoms with Crippen molar-refractivity contribution in [2.45, 2.75) is 0 Å². The predicted molar refractivity (Wildman–Crippen MR) is 48.0 cm³/mol. The fraction of sp³-hybridized carbons (Fsp3) is 0.429. The van der Waals surface area contributed by atoms with Gasteiger partial charge in [0.2, 0.25) is 0 Å². The van der Waals surface area contributed by atoms with Crippen LogP contribution in [0.15, 0.2) is 16.9 Å². The molecule has 0 saturated carbocycles. The molecule has 6 heteroatoms. The van der Waals surface area contributed by atoms with E-state index in [0.717, 1.165) is 0 Å². The summed E-state index contributed by atoms with van der Waals surface area (Å²) in [6, 6.07) is -0.311. The van der Waals surface area contributed by atoms with Gasteiger partial charge in [-0.3, -0.25) is 9.89 Å². The number of carbonyl (C=O) groups is 1. The number of aliphatic hydroxyl groups is 1. The van der Waals surface area contributed by atoms with Crippen molar-refractivity contribution >= 4 is 12.2 Å². The lowest BCUT2D eigenvalue weighted by Crippen LogP contribution is -2.39. The number of aliphatic hydroxyl groups excluding tert-OH is 1. The first-order valence-corrected chi connectivity index (χ1v) is 3.86. The normalized spacial score (nSPS) is 15.5. The van der Waals surface area contributed by atoms with E-state index in [2.05, 4.69) is 10.3 Å². The number of allylic oxidation sites excluding steroid dienone is 1. The van der Waals surface area contributed by atoms with E-state index in [9.17, 15) is 4.79 Å². The van der Waals surface area contributed by atoms with Crippen molar-refractivity contribution in [2.75, 3.05) is 19.8 Å². The Hall–Kier alpha value is -1.56. The van der Waals surface area contributed by atoms with Crippen LogP contribution in [0.2, 0.25) is 0 Å². The van der Waals surface area contributed by atoms with Crippen molar-refractivity contribution in [2.24, 2.45) is 10.7 Å². The van der Waals surface area contributed by atoms with Crippen molar-refractivity contribution in [3.8, 4) is 0 Å². The lowest BCUT2D eigenvalue weighted by molar-refractivity contribution is 0.210. The number of nitrogens with one attached hydrogen (secondary N) is 1. The number of hydrogen-bond acceptors (Lipinski definition) is 4. The standard InChI is InChI=1S/C7H12N4O2/c8-6-3-9-5-11(4-6)7(13)10-1-2-12/h3-4,12H,1-2,5,8H2,(H,10,13). The SMILES string of the molecule is NC1=CN(C(=O)NCCO)CN=C1. The van der Waals surface area contributed by atoms with Gasteiger partial charge in [-0.05, 0) is 0 Å². The number of rotatable bonds is 2. The Morgan fingerprint density at radius 1 is 1.85 bits per heavy atom. The van der Waals surface area contributed by atoms with Gasteiger partial charge in [0.1, 0.15) is 6.67 Å². The Bertz CT molecular complexity index is 249. The smallest absolute Gasteiger partial charge is 0.323 e. The Morgan fingerprint density at radius 2 is 2.62 bits per heavy atom. The van der Waals surface area contributed by atoms with Crippen LogP contribution in [0.4, 0.5) is 4.79 Å². The number of nitrogens with zero attached hydrogens (tertiary/aromatic N) is 2. The topological polar surface area (TPSA) is 91.0 Å². The van der Waals surface area contributed by atoms with E-state index in [1.54, 1.807) is 0 Å². The Kier molecular flexibility index (Phi) is 3.27. The van der Waals surface area contributed by atoms with E-state index >= 15 is 0 Å². The summed E-state index contributed by atoms with van der Waals surface area (Å²) in [5.41, 5.74) is 5.87. The number of carbonyl (C=O) groups excluding carboxylic acids is 1. The second-order valence-electron chi connectivity index (χ2n) is 2.51. The average molecular weight is 184 g/mol. The van der Waals surface area contributed by atoms with Gasteiger partial charge in [-0.15, -0.1) is 0 Å². The molecule has 0 fully saturated rings. The summed E-state index contributed by atoms with van der Waals surface area (Å²) in [5, 5.41) is 10.9. The molecule has 0 atom stereocenters. The molecule has 0 aromatic rings. The third-order valence-corrected chi connectivity index (χ3v) is 1.43. The molecule has 2 amide bonds. The quantitative estimate of drug-likeness (QED) is 0.505. The van der Waals surface area contributed by atoms with Crippen LogP contribution < -0.4 is 11.1 Å². The fourth-order valence-electron chi connectivity index (χ4n) is 0.876. The van der Waals surface area contributed by atoms with E-state index in [0.29, 0.717) is 5.70 Å². The van der Waals surface area contributed by atoms with Crippen molar-refractivity contribution in [1.82, 2.24) is 10.2 Å². The van der Waals surface area contributed by atoms with Crippen molar-refractivity contribution in [3.63, 3.8) is 0 Å². The van der Waals surface area contributed by atoms with Crippen LogP contribution in [0, 0.1) is 0 Å². The first-order valence-electron chi connectivity index (χ1n) is 3.86. The maximum atomic E-state index is 11.2. The van der Waals surface area contributed by atoms with Gasteiger partial charge >= 0.3 is 6.03 Å². The first-order chi connectivity index (χ1) is 6.24. The zero-order valence-electron chi connectivity index (χ0n) is 7.10. The summed E-state index contributed by atoms with van der Waals surface area (Å²) in [6.45, 7) is 0.410. The summed E-state index contributed by atoms with van der Waals surface area (Å²) >= 11 is 0. The van der Waals surface area contributed by atoms with Gasteiger partial charge in [-0.2, -0.15) is 0 Å². The minimum absolute atomic E-state index is 0.0813. The number of aliphatic imine (C=N–C) groups is 1. The fourth-order valence-corrected chi connectivity index (χ4v) is 0.876. The highest BCUT2D eigenvalue weighted by Gasteiger charge is 2.11. The lowest BCUT2D eigenvalue weighted by Gasteiger charge is -2.19. The molecule has 1 aliphatic rings. The molecule has 0 radical (unpaired) electrons. The van der Waals surface area contributed by atoms with E-state index in [1.807, 2.05) is 0 Å². The molecule has 0 spiro atoms. The summed E-state index contributed by atoms with van der Waals surface area (Å²) in [6.07, 6.45) is 3.00. The van der Waals surface area contributed by atoms with Crippen molar-refractivity contribution in [1.29, 1.82) is 0 Å². The second kappa shape index (κ2) is 4.46. The number of urea groups is 1. The second-order valence-corrected chi connectivity index (χ2v) is 2.51. The van der Waals surface area contributed by atoms with E-state index in [1.165, 1.54) is 17.3 Å². The molecule has 0 aromatic heterocycles. The molecule has 0 aromatic carbocycles. The van der Waals surface area contributed by atoms with Gasteiger partial charge in [-0.1, -0.05) is 0 Å². The molecule has 6 nitrogen and oxygen atoms in total. The number of hydrogen-bond donors (Lipinski definition) is 3. The maximum Gasteiger partial charge on any atom is 0.323 e. The molecule has 0 aliphatic carbocycles. The van der Waals surface area contributed by atoms with Crippen molar-refractivity contribution in [3.05, 3.63) is 11.9 Å². The molecule has 4 N–H and O–H groups in total. The summed E-state index contributed by atoms with van der Waals surface area (Å²) in [5.74, 6) is 0. The summed E-state index contributed by atoms with van der Waals surface area (Å²) in [4.78, 5) is 16.4. The first kappa shape index (κ1) is 9.53. The average Bonchev–Trinajstić information content (AvgIpc) is 2.14. The van der Waals surface area contributed by atoms with Crippen LogP contribution >= 0.6 is 0 Å². The molecule has 1 aliphatic heterocycles. The van der Waals surface area contributed by atoms with Gasteiger partial charge < -0.3 is 16.2 Å². The molecule has 1 heterocycles. The minimum atomic E-state index is -0.311. The van der Waals surface area contributed by atoms with Gasteiger partial charge in [-0.25, -0.2) is 4.79 Å². The zero-order chi connectivity index (χ0) is 9.68. The van der Waals surface area contributed by atoms with Crippen molar-refractivity contribution < 1.29 is 9.90 Å². The highest BCUT2D eigenvalue weighted by molar-refractivity contribution is 5.82. The van der Waals surface area contributed by atoms with Gasteiger partial charge in [0.25, 0.3) is 0 Å². The van der Waals surface area contributed by atoms with Gasteiger partial charge in [0, 0.05) is 19.0 Å². The minimum Gasteiger partial charge on any atom is -0.396 e. The Labute approximate surface area is 75.7 Å². The molecule has 1 rings (SSSR count). The third kappa shape index (κ3) is 2.75. The molecule has 72 valence electrons. The Balaban J connectivity index is 2.44. The molecule has 0 bridgehead atoms. The molecular formula is C7H12N4O2. The molecule has 13 heavy (non-hydrogen) atoms. The number of nitrogens with two attached hydrogens (primary N) is 1. The van der Waals surface area contributed by atoms with Crippen LogP contribution in [0.5, 0.6) is 0 Å². The highest BCUT2D eigenvalue weighted by atomic mass is 16.3. The van der Waals surface area contributed by atoms with E-state index < -0.39 is 0 Å². The predicted octanol–water partition coefficient (Wildman–Crippen LogP) is -1.17. The summed E-state index contributed by atoms with van der Waals surface area (Å²) in [7, 11) is 0. The van der Waals surface area contributed by atoms with Crippen LogP contribution in [0.3, 0.4) is 0 Å². The van der Waals surface area contributed by atoms with Crippen LogP contribution in [-0.4, -0.2) is 42.1 Å². The maximum absolute atomic E-state index is 11.2. The van der Waals surface area contributed by atoms with Crippen LogP contribution in [0.25, 0.3) is 0 Å². The third-order valence-electron chi connectivity index (χ3n) is 1.43. The van der Waals surface area contributed by atoms with Gasteiger partial charge in [0.05, 0.1) is 12.3 Å². The van der Waals surface area contributed by atoms with E-state index in [-0.39, 0.29) is 25.9 Å². The molecular weight excluding hydrogens is 172 g/mol. The monoisotopic (exact) mass is 184 g/mol. The molecule has 0 unspecified atom stereocenters. The van der Waals surface area contributed by atoms with Crippen LogP contribution in [0.1, 0.15) is 0 Å².